The number of carbonyl (C=O) groups excluding carboxylic acids is 2. The highest BCUT2D eigenvalue weighted by molar-refractivity contribution is 5.76. The van der Waals surface area contributed by atoms with E-state index in [4.69, 9.17) is 4.74 Å². The third kappa shape index (κ3) is 61.7. The highest BCUT2D eigenvalue weighted by Crippen LogP contribution is 2.19. The molecule has 0 aliphatic carbocycles. The second kappa shape index (κ2) is 65.1. The molecule has 6 nitrogen and oxygen atoms in total. The molecule has 0 aliphatic heterocycles. The average Bonchev–Trinajstić information content (AvgIpc) is 3.41. The van der Waals surface area contributed by atoms with Crippen molar-refractivity contribution in [1.29, 1.82) is 0 Å². The Hall–Kier alpha value is -1.40. The fourth-order valence-corrected chi connectivity index (χ4v) is 11.1. The van der Waals surface area contributed by atoms with Crippen LogP contribution in [0.2, 0.25) is 0 Å². The third-order valence-electron chi connectivity index (χ3n) is 16.3. The Bertz CT molecular complexity index is 1130. The average molecular weight is 1060 g/mol. The van der Waals surface area contributed by atoms with Crippen LogP contribution in [0.1, 0.15) is 393 Å². The lowest BCUT2D eigenvalue weighted by Crippen LogP contribution is -2.45. The van der Waals surface area contributed by atoms with Crippen LogP contribution in [0, 0.1) is 0 Å². The molecular formula is C69H135NO5. The minimum atomic E-state index is -0.839. The predicted octanol–water partition coefficient (Wildman–Crippen LogP) is 22.0. The molecule has 0 fully saturated rings. The van der Waals surface area contributed by atoms with E-state index in [2.05, 4.69) is 19.2 Å². The smallest absolute Gasteiger partial charge is 0.305 e. The minimum absolute atomic E-state index is 0.0245. The van der Waals surface area contributed by atoms with Crippen molar-refractivity contribution in [3.05, 3.63) is 12.2 Å². The first-order valence-corrected chi connectivity index (χ1v) is 34.5. The number of hydrogen-bond acceptors (Lipinski definition) is 5. The summed E-state index contributed by atoms with van der Waals surface area (Å²) in [5, 5.41) is 23.0. The lowest BCUT2D eigenvalue weighted by Gasteiger charge is -2.20. The van der Waals surface area contributed by atoms with Gasteiger partial charge in [0.15, 0.2) is 0 Å². The van der Waals surface area contributed by atoms with Gasteiger partial charge in [-0.05, 0) is 32.1 Å². The van der Waals surface area contributed by atoms with Crippen molar-refractivity contribution < 1.29 is 24.5 Å². The molecule has 2 atom stereocenters. The van der Waals surface area contributed by atoms with E-state index in [-0.39, 0.29) is 18.5 Å². The molecular weight excluding hydrogens is 923 g/mol. The summed E-state index contributed by atoms with van der Waals surface area (Å²) in [5.74, 6) is -0.0389. The topological polar surface area (TPSA) is 95.9 Å². The van der Waals surface area contributed by atoms with Gasteiger partial charge in [-0.2, -0.15) is 0 Å². The maximum absolute atomic E-state index is 12.4. The molecule has 0 aromatic rings. The zero-order valence-electron chi connectivity index (χ0n) is 51.1. The van der Waals surface area contributed by atoms with Crippen molar-refractivity contribution in [2.24, 2.45) is 0 Å². The molecule has 0 rings (SSSR count). The summed E-state index contributed by atoms with van der Waals surface area (Å²) in [5.41, 5.74) is 0. The van der Waals surface area contributed by atoms with Gasteiger partial charge < -0.3 is 20.3 Å². The Morgan fingerprint density at radius 1 is 0.360 bits per heavy atom. The molecule has 75 heavy (non-hydrogen) atoms. The Labute approximate surface area is 469 Å². The Balaban J connectivity index is 3.30. The van der Waals surface area contributed by atoms with Gasteiger partial charge >= 0.3 is 5.97 Å². The third-order valence-corrected chi connectivity index (χ3v) is 16.3. The van der Waals surface area contributed by atoms with E-state index in [0.717, 1.165) is 38.5 Å². The molecule has 0 spiro atoms. The summed E-state index contributed by atoms with van der Waals surface area (Å²) >= 11 is 0. The SMILES string of the molecule is CCCCCCCCCCC/C=C/C(O)C(CO)NC(=O)CCCCCCCCCCCCCCCCCCCCCCCCCCCCCCCCOC(=O)CCCCCCCCCCCCCCCCCCC. The molecule has 0 aromatic heterocycles. The number of aliphatic hydroxyl groups is 2. The molecule has 3 N–H and O–H groups in total. The maximum Gasteiger partial charge on any atom is 0.305 e. The standard InChI is InChI=1S/C69H135NO5/c1-3-5-7-9-11-13-15-16-17-32-36-39-43-47-51-55-59-63-69(74)75-64-60-56-52-48-44-40-37-34-31-29-27-25-23-21-19-18-20-22-24-26-28-30-33-35-38-42-46-50-54-58-62-68(73)70-66(65-71)67(72)61-57-53-49-45-41-14-12-10-8-6-4-2/h57,61,66-67,71-72H,3-56,58-60,62-65H2,1-2H3,(H,70,73)/b61-57+. The van der Waals surface area contributed by atoms with E-state index in [9.17, 15) is 19.8 Å². The van der Waals surface area contributed by atoms with Crippen LogP contribution in [0.25, 0.3) is 0 Å². The van der Waals surface area contributed by atoms with Gasteiger partial charge in [0.1, 0.15) is 0 Å². The van der Waals surface area contributed by atoms with Crippen molar-refractivity contribution in [1.82, 2.24) is 5.32 Å². The van der Waals surface area contributed by atoms with Crippen molar-refractivity contribution >= 4 is 11.9 Å². The lowest BCUT2D eigenvalue weighted by atomic mass is 10.0. The van der Waals surface area contributed by atoms with Crippen LogP contribution in [0.5, 0.6) is 0 Å². The summed E-state index contributed by atoms with van der Waals surface area (Å²) in [7, 11) is 0. The highest BCUT2D eigenvalue weighted by Gasteiger charge is 2.18. The zero-order valence-corrected chi connectivity index (χ0v) is 51.1. The van der Waals surface area contributed by atoms with Crippen LogP contribution in [0.3, 0.4) is 0 Å². The minimum Gasteiger partial charge on any atom is -0.466 e. The number of esters is 1. The van der Waals surface area contributed by atoms with Gasteiger partial charge in [-0.15, -0.1) is 0 Å². The lowest BCUT2D eigenvalue weighted by molar-refractivity contribution is -0.143. The number of aliphatic hydroxyl groups excluding tert-OH is 2. The van der Waals surface area contributed by atoms with Crippen LogP contribution >= 0.6 is 0 Å². The predicted molar refractivity (Wildman–Crippen MR) is 329 cm³/mol. The first-order valence-electron chi connectivity index (χ1n) is 34.5. The van der Waals surface area contributed by atoms with Crippen molar-refractivity contribution in [3.8, 4) is 0 Å². The molecule has 0 radical (unpaired) electrons. The molecule has 0 saturated carbocycles. The molecule has 6 heteroatoms. The number of allylic oxidation sites excluding steroid dienone is 1. The van der Waals surface area contributed by atoms with Crippen LogP contribution in [-0.4, -0.2) is 47.4 Å². The summed E-state index contributed by atoms with van der Waals surface area (Å²) in [6.07, 6.45) is 80.1. The van der Waals surface area contributed by atoms with Crippen LogP contribution in [-0.2, 0) is 14.3 Å². The van der Waals surface area contributed by atoms with Gasteiger partial charge in [-0.3, -0.25) is 9.59 Å². The van der Waals surface area contributed by atoms with Gasteiger partial charge in [0, 0.05) is 12.8 Å². The molecule has 0 heterocycles. The number of unbranched alkanes of at least 4 members (excludes halogenated alkanes) is 54. The summed E-state index contributed by atoms with van der Waals surface area (Å²) in [4.78, 5) is 24.5. The van der Waals surface area contributed by atoms with Gasteiger partial charge in [0.2, 0.25) is 5.91 Å². The van der Waals surface area contributed by atoms with Gasteiger partial charge in [0.25, 0.3) is 0 Å². The summed E-state index contributed by atoms with van der Waals surface area (Å²) in [6, 6.07) is -0.622. The number of rotatable bonds is 65. The van der Waals surface area contributed by atoms with E-state index in [0.29, 0.717) is 19.4 Å². The summed E-state index contributed by atoms with van der Waals surface area (Å²) in [6.45, 7) is 4.93. The molecule has 0 aromatic carbocycles. The van der Waals surface area contributed by atoms with E-state index in [1.165, 1.54) is 327 Å². The van der Waals surface area contributed by atoms with Crippen LogP contribution in [0.15, 0.2) is 12.2 Å². The second-order valence-corrected chi connectivity index (χ2v) is 23.9. The fourth-order valence-electron chi connectivity index (χ4n) is 11.1. The number of nitrogens with one attached hydrogen (secondary N) is 1. The first kappa shape index (κ1) is 73.6. The summed E-state index contributed by atoms with van der Waals surface area (Å²) < 4.78 is 5.51. The monoisotopic (exact) mass is 1060 g/mol. The van der Waals surface area contributed by atoms with Crippen molar-refractivity contribution in [2.45, 2.75) is 405 Å². The van der Waals surface area contributed by atoms with E-state index < -0.39 is 12.1 Å². The van der Waals surface area contributed by atoms with Gasteiger partial charge in [-0.1, -0.05) is 360 Å². The Morgan fingerprint density at radius 2 is 0.613 bits per heavy atom. The van der Waals surface area contributed by atoms with Crippen molar-refractivity contribution in [3.63, 3.8) is 0 Å². The molecule has 1 amide bonds. The number of carbonyl (C=O) groups is 2. The quantitative estimate of drug-likeness (QED) is 0.0320. The number of ether oxygens (including phenoxy) is 1. The molecule has 0 saturated heterocycles. The second-order valence-electron chi connectivity index (χ2n) is 23.9. The normalized spacial score (nSPS) is 12.5. The first-order chi connectivity index (χ1) is 37.0. The highest BCUT2D eigenvalue weighted by atomic mass is 16.5. The Morgan fingerprint density at radius 3 is 0.907 bits per heavy atom. The molecule has 2 unspecified atom stereocenters. The number of amides is 1. The number of hydrogen-bond donors (Lipinski definition) is 3. The van der Waals surface area contributed by atoms with Gasteiger partial charge in [0.05, 0.1) is 25.4 Å². The molecule has 446 valence electrons. The molecule has 0 bridgehead atoms. The van der Waals surface area contributed by atoms with E-state index in [1.54, 1.807) is 6.08 Å². The Kier molecular flexibility index (Phi) is 63.9. The van der Waals surface area contributed by atoms with Gasteiger partial charge in [-0.25, -0.2) is 0 Å². The van der Waals surface area contributed by atoms with E-state index >= 15 is 0 Å². The van der Waals surface area contributed by atoms with E-state index in [1.807, 2.05) is 6.08 Å². The largest absolute Gasteiger partial charge is 0.466 e. The maximum atomic E-state index is 12.4. The van der Waals surface area contributed by atoms with Crippen LogP contribution in [0.4, 0.5) is 0 Å². The zero-order chi connectivity index (χ0) is 54.3. The molecule has 0 aliphatic rings. The fraction of sp³-hybridized carbons (Fsp3) is 0.942. The van der Waals surface area contributed by atoms with Crippen molar-refractivity contribution in [2.75, 3.05) is 13.2 Å². The van der Waals surface area contributed by atoms with Crippen LogP contribution < -0.4 is 5.32 Å².